The van der Waals surface area contributed by atoms with Crippen molar-refractivity contribution in [3.05, 3.63) is 40.2 Å². The van der Waals surface area contributed by atoms with Crippen LogP contribution >= 0.6 is 0 Å². The van der Waals surface area contributed by atoms with Crippen molar-refractivity contribution in [2.45, 2.75) is 31.7 Å². The van der Waals surface area contributed by atoms with Gasteiger partial charge in [-0.15, -0.1) is 0 Å². The Bertz CT molecular complexity index is 908. The molecule has 26 heavy (non-hydrogen) atoms. The Hall–Kier alpha value is -2.77. The molecule has 0 N–H and O–H groups in total. The fourth-order valence-corrected chi connectivity index (χ4v) is 3.44. The summed E-state index contributed by atoms with van der Waals surface area (Å²) in [7, 11) is 2.40. The van der Waals surface area contributed by atoms with Gasteiger partial charge in [0.2, 0.25) is 0 Å². The fraction of sp³-hybridized carbons (Fsp3) is 0.444. The smallest absolute Gasteiger partial charge is 0.320 e. The van der Waals surface area contributed by atoms with Gasteiger partial charge in [0.25, 0.3) is 5.56 Å². The zero-order valence-electron chi connectivity index (χ0n) is 14.5. The van der Waals surface area contributed by atoms with E-state index in [0.717, 1.165) is 0 Å². The molecule has 1 aromatic carbocycles. The average Bonchev–Trinajstić information content (AvgIpc) is 2.65. The van der Waals surface area contributed by atoms with Crippen LogP contribution in [0.25, 0.3) is 10.9 Å². The zero-order chi connectivity index (χ0) is 18.8. The first-order chi connectivity index (χ1) is 12.5. The van der Waals surface area contributed by atoms with Crippen LogP contribution in [0, 0.1) is 11.7 Å². The molecule has 7 nitrogen and oxygen atoms in total. The number of benzene rings is 1. The first-order valence-electron chi connectivity index (χ1n) is 8.32. The lowest BCUT2D eigenvalue weighted by atomic mass is 9.88. The van der Waals surface area contributed by atoms with Crippen LogP contribution in [0.2, 0.25) is 0 Å². The number of nitrogens with zero attached hydrogens (tertiary/aromatic N) is 2. The maximum atomic E-state index is 13.5. The highest BCUT2D eigenvalue weighted by Gasteiger charge is 2.35. The van der Waals surface area contributed by atoms with Crippen LogP contribution in [0.1, 0.15) is 31.0 Å². The second kappa shape index (κ2) is 7.23. The number of methoxy groups -OCH3 is 2. The molecule has 138 valence electrons. The average molecular weight is 362 g/mol. The van der Waals surface area contributed by atoms with E-state index in [1.54, 1.807) is 4.57 Å². The minimum Gasteiger partial charge on any atom is -0.468 e. The molecular formula is C18H19FN2O5. The van der Waals surface area contributed by atoms with E-state index < -0.39 is 23.7 Å². The Morgan fingerprint density at radius 3 is 2.65 bits per heavy atom. The second-order valence-corrected chi connectivity index (χ2v) is 6.26. The molecule has 0 spiro atoms. The maximum absolute atomic E-state index is 13.5. The van der Waals surface area contributed by atoms with Crippen LogP contribution < -0.4 is 5.56 Å². The van der Waals surface area contributed by atoms with Crippen LogP contribution in [0.3, 0.4) is 0 Å². The van der Waals surface area contributed by atoms with E-state index in [9.17, 15) is 18.8 Å². The van der Waals surface area contributed by atoms with E-state index >= 15 is 0 Å². The lowest BCUT2D eigenvalue weighted by molar-refractivity contribution is -0.159. The highest BCUT2D eigenvalue weighted by atomic mass is 19.1. The third-order valence-electron chi connectivity index (χ3n) is 4.74. The highest BCUT2D eigenvalue weighted by Crippen LogP contribution is 2.32. The van der Waals surface area contributed by atoms with Crippen molar-refractivity contribution < 1.29 is 23.5 Å². The molecule has 0 saturated carbocycles. The summed E-state index contributed by atoms with van der Waals surface area (Å²) in [6, 6.07) is 3.85. The van der Waals surface area contributed by atoms with Gasteiger partial charge in [0.05, 0.1) is 25.1 Å². The summed E-state index contributed by atoms with van der Waals surface area (Å²) in [5, 5.41) is 0.341. The van der Waals surface area contributed by atoms with Crippen LogP contribution in [-0.2, 0) is 25.6 Å². The third kappa shape index (κ3) is 3.18. The Balaban J connectivity index is 2.05. The van der Waals surface area contributed by atoms with Gasteiger partial charge in [-0.25, -0.2) is 9.37 Å². The molecule has 2 aromatic rings. The minimum atomic E-state index is -1.10. The molecule has 1 aliphatic rings. The number of esters is 2. The van der Waals surface area contributed by atoms with Gasteiger partial charge in [-0.05, 0) is 31.4 Å². The van der Waals surface area contributed by atoms with E-state index in [4.69, 9.17) is 9.47 Å². The van der Waals surface area contributed by atoms with Gasteiger partial charge in [-0.3, -0.25) is 19.0 Å². The van der Waals surface area contributed by atoms with Gasteiger partial charge < -0.3 is 9.47 Å². The van der Waals surface area contributed by atoms with E-state index in [0.29, 0.717) is 30.6 Å². The first-order valence-corrected chi connectivity index (χ1v) is 8.32. The molecule has 0 saturated heterocycles. The van der Waals surface area contributed by atoms with Crippen LogP contribution in [0.5, 0.6) is 0 Å². The number of carbonyl (C=O) groups excluding carboxylic acids is 2. The van der Waals surface area contributed by atoms with Crippen LogP contribution in [0.4, 0.5) is 4.39 Å². The van der Waals surface area contributed by atoms with Crippen molar-refractivity contribution in [3.63, 3.8) is 0 Å². The lowest BCUT2D eigenvalue weighted by Gasteiger charge is -2.27. The summed E-state index contributed by atoms with van der Waals surface area (Å²) in [5.74, 6) is -2.82. The second-order valence-electron chi connectivity index (χ2n) is 6.26. The van der Waals surface area contributed by atoms with Crippen molar-refractivity contribution in [3.8, 4) is 0 Å². The SMILES string of the molecule is COC(=O)C(CC1CCCn2c1nc1cc(F)ccc1c2=O)C(=O)OC. The number of halogens is 1. The van der Waals surface area contributed by atoms with Crippen molar-refractivity contribution >= 4 is 22.8 Å². The summed E-state index contributed by atoms with van der Waals surface area (Å²) in [6.07, 6.45) is 1.48. The molecule has 1 unspecified atom stereocenters. The molecule has 0 amide bonds. The number of hydrogen-bond donors (Lipinski definition) is 0. The minimum absolute atomic E-state index is 0.118. The summed E-state index contributed by atoms with van der Waals surface area (Å²) in [6.45, 7) is 0.492. The monoisotopic (exact) mass is 362 g/mol. The molecule has 0 radical (unpaired) electrons. The first kappa shape index (κ1) is 18.0. The van der Waals surface area contributed by atoms with Gasteiger partial charge in [0.15, 0.2) is 5.92 Å². The predicted molar refractivity (Wildman–Crippen MR) is 90.1 cm³/mol. The summed E-state index contributed by atoms with van der Waals surface area (Å²) < 4.78 is 24.5. The molecule has 1 aromatic heterocycles. The van der Waals surface area contributed by atoms with E-state index in [1.165, 1.54) is 32.4 Å². The Kier molecular flexibility index (Phi) is 5.01. The van der Waals surface area contributed by atoms with Crippen LogP contribution in [0.15, 0.2) is 23.0 Å². The summed E-state index contributed by atoms with van der Waals surface area (Å²) in [5.41, 5.74) is 0.0169. The Morgan fingerprint density at radius 1 is 1.31 bits per heavy atom. The molecule has 3 rings (SSSR count). The maximum Gasteiger partial charge on any atom is 0.320 e. The number of aromatic nitrogens is 2. The van der Waals surface area contributed by atoms with E-state index in [1.807, 2.05) is 0 Å². The molecule has 0 bridgehead atoms. The fourth-order valence-electron chi connectivity index (χ4n) is 3.44. The summed E-state index contributed by atoms with van der Waals surface area (Å²) in [4.78, 5) is 41.1. The van der Waals surface area contributed by atoms with Gasteiger partial charge >= 0.3 is 11.9 Å². The van der Waals surface area contributed by atoms with Gasteiger partial charge in [-0.2, -0.15) is 0 Å². The predicted octanol–water partition coefficient (Wildman–Crippen LogP) is 1.77. The number of rotatable bonds is 4. The molecule has 0 aliphatic carbocycles. The highest BCUT2D eigenvalue weighted by molar-refractivity contribution is 5.94. The standard InChI is InChI=1S/C18H19FN2O5/c1-25-17(23)13(18(24)26-2)8-10-4-3-7-21-15(10)20-14-9-11(19)5-6-12(14)16(21)22/h5-6,9-10,13H,3-4,7-8H2,1-2H3. The molecule has 2 heterocycles. The molecule has 1 aliphatic heterocycles. The van der Waals surface area contributed by atoms with E-state index in [2.05, 4.69) is 4.98 Å². The van der Waals surface area contributed by atoms with Gasteiger partial charge in [0.1, 0.15) is 11.6 Å². The van der Waals surface area contributed by atoms with Gasteiger partial charge in [0, 0.05) is 18.5 Å². The number of carbonyl (C=O) groups is 2. The normalized spacial score (nSPS) is 16.4. The summed E-state index contributed by atoms with van der Waals surface area (Å²) >= 11 is 0. The third-order valence-corrected chi connectivity index (χ3v) is 4.74. The zero-order valence-corrected chi connectivity index (χ0v) is 14.5. The van der Waals surface area contributed by atoms with Crippen molar-refractivity contribution in [1.82, 2.24) is 9.55 Å². The number of hydrogen-bond acceptors (Lipinski definition) is 6. The van der Waals surface area contributed by atoms with Crippen molar-refractivity contribution in [1.29, 1.82) is 0 Å². The largest absolute Gasteiger partial charge is 0.468 e. The lowest BCUT2D eigenvalue weighted by Crippen LogP contribution is -2.34. The van der Waals surface area contributed by atoms with Gasteiger partial charge in [-0.1, -0.05) is 0 Å². The topological polar surface area (TPSA) is 87.5 Å². The quantitative estimate of drug-likeness (QED) is 0.608. The van der Waals surface area contributed by atoms with E-state index in [-0.39, 0.29) is 23.4 Å². The van der Waals surface area contributed by atoms with Crippen molar-refractivity contribution in [2.24, 2.45) is 5.92 Å². The molecular weight excluding hydrogens is 343 g/mol. The van der Waals surface area contributed by atoms with Crippen LogP contribution in [-0.4, -0.2) is 35.7 Å². The molecule has 0 fully saturated rings. The number of fused-ring (bicyclic) bond motifs is 2. The Labute approximate surface area is 148 Å². The number of ether oxygens (including phenoxy) is 2. The molecule has 1 atom stereocenters. The Morgan fingerprint density at radius 2 is 2.00 bits per heavy atom. The van der Waals surface area contributed by atoms with Crippen molar-refractivity contribution in [2.75, 3.05) is 14.2 Å². The molecule has 8 heteroatoms.